The monoisotopic (exact) mass is 279 g/mol. The van der Waals surface area contributed by atoms with Gasteiger partial charge >= 0.3 is 0 Å². The third kappa shape index (κ3) is 3.54. The van der Waals surface area contributed by atoms with Crippen molar-refractivity contribution in [3.8, 4) is 5.88 Å². The van der Waals surface area contributed by atoms with E-state index < -0.39 is 0 Å². The van der Waals surface area contributed by atoms with Crippen molar-refractivity contribution >= 4 is 11.5 Å². The molecule has 0 radical (unpaired) electrons. The first kappa shape index (κ1) is 14.9. The second-order valence-electron chi connectivity index (χ2n) is 5.59. The van der Waals surface area contributed by atoms with Gasteiger partial charge in [-0.05, 0) is 51.7 Å². The molecule has 5 heteroatoms. The van der Waals surface area contributed by atoms with E-state index in [4.69, 9.17) is 10.5 Å². The quantitative estimate of drug-likeness (QED) is 0.864. The lowest BCUT2D eigenvalue weighted by Crippen LogP contribution is -2.40. The number of anilines is 2. The molecule has 0 aliphatic carbocycles. The minimum Gasteiger partial charge on any atom is -0.473 e. The van der Waals surface area contributed by atoms with Crippen LogP contribution in [0.25, 0.3) is 0 Å². The normalized spacial score (nSPS) is 19.4. The molecule has 1 aliphatic heterocycles. The fraction of sp³-hybridized carbons (Fsp3) is 0.667. The van der Waals surface area contributed by atoms with E-state index in [1.165, 1.54) is 6.42 Å². The first-order valence-electron chi connectivity index (χ1n) is 7.42. The van der Waals surface area contributed by atoms with Gasteiger partial charge in [0.15, 0.2) is 0 Å². The Morgan fingerprint density at radius 3 is 2.95 bits per heavy atom. The summed E-state index contributed by atoms with van der Waals surface area (Å²) in [5, 5.41) is 9.21. The lowest BCUT2D eigenvalue weighted by Gasteiger charge is -2.36. The van der Waals surface area contributed by atoms with Gasteiger partial charge in [0.2, 0.25) is 5.88 Å². The van der Waals surface area contributed by atoms with Crippen molar-refractivity contribution in [2.45, 2.75) is 51.7 Å². The Bertz CT molecular complexity index is 435. The van der Waals surface area contributed by atoms with Crippen molar-refractivity contribution in [1.82, 2.24) is 4.98 Å². The van der Waals surface area contributed by atoms with Crippen LogP contribution in [0.4, 0.5) is 11.5 Å². The fourth-order valence-corrected chi connectivity index (χ4v) is 2.67. The lowest BCUT2D eigenvalue weighted by atomic mass is 9.99. The van der Waals surface area contributed by atoms with Crippen LogP contribution in [0.2, 0.25) is 0 Å². The van der Waals surface area contributed by atoms with Gasteiger partial charge in [-0.15, -0.1) is 0 Å². The van der Waals surface area contributed by atoms with Crippen LogP contribution in [0.15, 0.2) is 12.1 Å². The molecular formula is C15H25N3O2. The minimum absolute atomic E-state index is 0.0506. The Labute approximate surface area is 120 Å². The SMILES string of the molecule is CC(C)Oc1nc(N2CCCCC2CCO)ccc1N. The highest BCUT2D eigenvalue weighted by Crippen LogP contribution is 2.29. The second-order valence-corrected chi connectivity index (χ2v) is 5.59. The number of aliphatic hydroxyl groups excluding tert-OH is 1. The van der Waals surface area contributed by atoms with E-state index in [0.717, 1.165) is 31.6 Å². The van der Waals surface area contributed by atoms with Crippen LogP contribution in [0.1, 0.15) is 39.5 Å². The summed E-state index contributed by atoms with van der Waals surface area (Å²) >= 11 is 0. The molecular weight excluding hydrogens is 254 g/mol. The van der Waals surface area contributed by atoms with Crippen molar-refractivity contribution in [2.75, 3.05) is 23.8 Å². The molecule has 112 valence electrons. The highest BCUT2D eigenvalue weighted by molar-refractivity contribution is 5.55. The number of rotatable bonds is 5. The summed E-state index contributed by atoms with van der Waals surface area (Å²) in [6.07, 6.45) is 4.31. The van der Waals surface area contributed by atoms with E-state index in [9.17, 15) is 5.11 Å². The number of aliphatic hydroxyl groups is 1. The number of nitrogen functional groups attached to an aromatic ring is 1. The lowest BCUT2D eigenvalue weighted by molar-refractivity contribution is 0.233. The molecule has 1 unspecified atom stereocenters. The number of hydrogen-bond acceptors (Lipinski definition) is 5. The molecule has 0 aromatic carbocycles. The van der Waals surface area contributed by atoms with E-state index in [0.29, 0.717) is 17.6 Å². The molecule has 1 aromatic heterocycles. The number of nitrogens with two attached hydrogens (primary N) is 1. The van der Waals surface area contributed by atoms with E-state index in [1.54, 1.807) is 0 Å². The molecule has 0 spiro atoms. The smallest absolute Gasteiger partial charge is 0.239 e. The predicted octanol–water partition coefficient (Wildman–Crippen LogP) is 2.19. The van der Waals surface area contributed by atoms with Crippen LogP contribution < -0.4 is 15.4 Å². The molecule has 1 fully saturated rings. The van der Waals surface area contributed by atoms with Crippen LogP contribution in [0, 0.1) is 0 Å². The van der Waals surface area contributed by atoms with Gasteiger partial charge in [-0.1, -0.05) is 0 Å². The summed E-state index contributed by atoms with van der Waals surface area (Å²) in [7, 11) is 0. The van der Waals surface area contributed by atoms with Crippen LogP contribution >= 0.6 is 0 Å². The summed E-state index contributed by atoms with van der Waals surface area (Å²) in [4.78, 5) is 6.84. The predicted molar refractivity (Wildman–Crippen MR) is 81.1 cm³/mol. The molecule has 2 heterocycles. The average molecular weight is 279 g/mol. The zero-order valence-electron chi connectivity index (χ0n) is 12.4. The van der Waals surface area contributed by atoms with E-state index >= 15 is 0 Å². The molecule has 20 heavy (non-hydrogen) atoms. The topological polar surface area (TPSA) is 71.6 Å². The molecule has 0 amide bonds. The number of hydrogen-bond donors (Lipinski definition) is 2. The Kier molecular flexibility index (Phi) is 5.06. The number of piperidine rings is 1. The third-order valence-electron chi connectivity index (χ3n) is 3.61. The molecule has 3 N–H and O–H groups in total. The summed E-state index contributed by atoms with van der Waals surface area (Å²) in [5.74, 6) is 1.40. The van der Waals surface area contributed by atoms with Crippen molar-refractivity contribution in [2.24, 2.45) is 0 Å². The molecule has 2 rings (SSSR count). The van der Waals surface area contributed by atoms with Gasteiger partial charge in [0.1, 0.15) is 5.82 Å². The maximum Gasteiger partial charge on any atom is 0.239 e. The van der Waals surface area contributed by atoms with Gasteiger partial charge < -0.3 is 20.5 Å². The number of nitrogens with zero attached hydrogens (tertiary/aromatic N) is 2. The van der Waals surface area contributed by atoms with Crippen molar-refractivity contribution < 1.29 is 9.84 Å². The van der Waals surface area contributed by atoms with Gasteiger partial charge in [0.25, 0.3) is 0 Å². The van der Waals surface area contributed by atoms with Crippen molar-refractivity contribution in [1.29, 1.82) is 0 Å². The zero-order chi connectivity index (χ0) is 14.5. The second kappa shape index (κ2) is 6.79. The average Bonchev–Trinajstić information content (AvgIpc) is 2.42. The van der Waals surface area contributed by atoms with Gasteiger partial charge in [-0.25, -0.2) is 0 Å². The highest BCUT2D eigenvalue weighted by Gasteiger charge is 2.23. The summed E-state index contributed by atoms with van der Waals surface area (Å²) in [6.45, 7) is 5.11. The van der Waals surface area contributed by atoms with Crippen molar-refractivity contribution in [3.05, 3.63) is 12.1 Å². The van der Waals surface area contributed by atoms with E-state index in [1.807, 2.05) is 26.0 Å². The molecule has 5 nitrogen and oxygen atoms in total. The molecule has 0 saturated carbocycles. The highest BCUT2D eigenvalue weighted by atomic mass is 16.5. The Morgan fingerprint density at radius 2 is 2.25 bits per heavy atom. The van der Waals surface area contributed by atoms with Crippen LogP contribution in [0.5, 0.6) is 5.88 Å². The number of ether oxygens (including phenoxy) is 1. The van der Waals surface area contributed by atoms with Gasteiger partial charge in [-0.2, -0.15) is 4.98 Å². The summed E-state index contributed by atoms with van der Waals surface area (Å²) < 4.78 is 5.66. The third-order valence-corrected chi connectivity index (χ3v) is 3.61. The first-order valence-corrected chi connectivity index (χ1v) is 7.42. The molecule has 1 aliphatic rings. The first-order chi connectivity index (χ1) is 9.61. The van der Waals surface area contributed by atoms with Gasteiger partial charge in [0.05, 0.1) is 11.8 Å². The Hall–Kier alpha value is -1.49. The minimum atomic E-state index is 0.0506. The molecule has 1 atom stereocenters. The largest absolute Gasteiger partial charge is 0.473 e. The zero-order valence-corrected chi connectivity index (χ0v) is 12.4. The molecule has 1 aromatic rings. The van der Waals surface area contributed by atoms with Crippen molar-refractivity contribution in [3.63, 3.8) is 0 Å². The van der Waals surface area contributed by atoms with Crippen LogP contribution in [-0.2, 0) is 0 Å². The maximum absolute atomic E-state index is 9.21. The molecule has 1 saturated heterocycles. The number of aromatic nitrogens is 1. The Balaban J connectivity index is 2.21. The standard InChI is InChI=1S/C15H25N3O2/c1-11(2)20-15-13(16)6-7-14(17-15)18-9-4-3-5-12(18)8-10-19/h6-7,11-12,19H,3-5,8-10,16H2,1-2H3. The Morgan fingerprint density at radius 1 is 1.45 bits per heavy atom. The number of pyridine rings is 1. The molecule has 0 bridgehead atoms. The van der Waals surface area contributed by atoms with E-state index in [2.05, 4.69) is 9.88 Å². The fourth-order valence-electron chi connectivity index (χ4n) is 2.67. The van der Waals surface area contributed by atoms with Crippen LogP contribution in [0.3, 0.4) is 0 Å². The van der Waals surface area contributed by atoms with E-state index in [-0.39, 0.29) is 12.7 Å². The van der Waals surface area contributed by atoms with Crippen LogP contribution in [-0.4, -0.2) is 35.4 Å². The maximum atomic E-state index is 9.21. The van der Waals surface area contributed by atoms with Gasteiger partial charge in [0, 0.05) is 19.2 Å². The summed E-state index contributed by atoms with van der Waals surface area (Å²) in [5.41, 5.74) is 6.48. The summed E-state index contributed by atoms with van der Waals surface area (Å²) in [6, 6.07) is 4.15. The van der Waals surface area contributed by atoms with Gasteiger partial charge in [-0.3, -0.25) is 0 Å².